The largest absolute Gasteiger partial charge is 0.493 e. The van der Waals surface area contributed by atoms with E-state index in [2.05, 4.69) is 0 Å². The lowest BCUT2D eigenvalue weighted by molar-refractivity contribution is -0.0468. The summed E-state index contributed by atoms with van der Waals surface area (Å²) in [6, 6.07) is 22.7. The molecule has 1 aliphatic rings. The van der Waals surface area contributed by atoms with Crippen LogP contribution in [0.3, 0.4) is 0 Å². The molecule has 0 N–H and O–H groups in total. The minimum atomic E-state index is -1.17. The molecule has 0 fully saturated rings. The Hall–Kier alpha value is -3.27. The highest BCUT2D eigenvalue weighted by atomic mass is 16.7. The van der Waals surface area contributed by atoms with Crippen molar-refractivity contribution in [3.63, 3.8) is 0 Å². The lowest BCUT2D eigenvalue weighted by Gasteiger charge is -2.28. The first-order chi connectivity index (χ1) is 12.3. The Labute approximate surface area is 145 Å². The third-order valence-corrected chi connectivity index (χ3v) is 4.25. The number of benzene rings is 3. The van der Waals surface area contributed by atoms with Gasteiger partial charge in [-0.25, -0.2) is 0 Å². The number of rotatable bonds is 4. The number of hydrogen-bond acceptors (Lipinski definition) is 4. The third-order valence-electron chi connectivity index (χ3n) is 4.25. The van der Waals surface area contributed by atoms with E-state index in [4.69, 9.17) is 14.2 Å². The van der Waals surface area contributed by atoms with Crippen molar-refractivity contribution in [2.45, 2.75) is 5.79 Å². The molecule has 0 radical (unpaired) electrons. The Morgan fingerprint density at radius 1 is 0.800 bits per heavy atom. The Balaban J connectivity index is 1.95. The van der Waals surface area contributed by atoms with Crippen molar-refractivity contribution in [3.8, 4) is 17.2 Å². The van der Waals surface area contributed by atoms with Crippen molar-refractivity contribution in [3.05, 3.63) is 89.5 Å². The first-order valence-electron chi connectivity index (χ1n) is 7.94. The van der Waals surface area contributed by atoms with Crippen molar-refractivity contribution in [1.82, 2.24) is 0 Å². The number of aldehydes is 1. The van der Waals surface area contributed by atoms with E-state index < -0.39 is 5.79 Å². The molecule has 0 aliphatic carbocycles. The van der Waals surface area contributed by atoms with Crippen LogP contribution in [0.1, 0.15) is 21.5 Å². The van der Waals surface area contributed by atoms with Crippen molar-refractivity contribution < 1.29 is 19.0 Å². The fourth-order valence-electron chi connectivity index (χ4n) is 3.04. The molecular weight excluding hydrogens is 316 g/mol. The lowest BCUT2D eigenvalue weighted by atomic mass is 9.97. The van der Waals surface area contributed by atoms with Crippen LogP contribution >= 0.6 is 0 Å². The van der Waals surface area contributed by atoms with E-state index in [1.165, 1.54) is 0 Å². The van der Waals surface area contributed by atoms with E-state index in [0.717, 1.165) is 17.4 Å². The summed E-state index contributed by atoms with van der Waals surface area (Å²) in [4.78, 5) is 11.5. The van der Waals surface area contributed by atoms with Gasteiger partial charge in [0.1, 0.15) is 0 Å². The van der Waals surface area contributed by atoms with Crippen molar-refractivity contribution in [1.29, 1.82) is 0 Å². The van der Waals surface area contributed by atoms with Gasteiger partial charge < -0.3 is 14.2 Å². The van der Waals surface area contributed by atoms with E-state index in [1.807, 2.05) is 60.7 Å². The molecule has 0 spiro atoms. The van der Waals surface area contributed by atoms with Crippen LogP contribution in [0.25, 0.3) is 0 Å². The summed E-state index contributed by atoms with van der Waals surface area (Å²) in [6.45, 7) is 0. The Bertz CT molecular complexity index is 864. The standard InChI is InChI=1S/C21H16O4/c1-23-18-13-12-15(14-22)19-20(18)25-21(24-19,16-8-4-2-5-9-16)17-10-6-3-7-11-17/h2-14H,1H3. The van der Waals surface area contributed by atoms with Gasteiger partial charge >= 0.3 is 5.79 Å². The van der Waals surface area contributed by atoms with E-state index in [0.29, 0.717) is 22.8 Å². The summed E-state index contributed by atoms with van der Waals surface area (Å²) in [5.41, 5.74) is 2.08. The zero-order valence-corrected chi connectivity index (χ0v) is 13.6. The molecule has 1 aliphatic heterocycles. The number of hydrogen-bond donors (Lipinski definition) is 0. The molecule has 3 aromatic carbocycles. The molecular formula is C21H16O4. The van der Waals surface area contributed by atoms with Gasteiger partial charge in [0.2, 0.25) is 5.75 Å². The molecule has 0 saturated carbocycles. The van der Waals surface area contributed by atoms with Crippen LogP contribution in [0.5, 0.6) is 17.2 Å². The summed E-state index contributed by atoms with van der Waals surface area (Å²) in [5.74, 6) is 0.174. The smallest absolute Gasteiger partial charge is 0.305 e. The number of carbonyl (C=O) groups is 1. The highest BCUT2D eigenvalue weighted by Crippen LogP contribution is 2.53. The number of fused-ring (bicyclic) bond motifs is 1. The second-order valence-corrected chi connectivity index (χ2v) is 5.69. The Morgan fingerprint density at radius 3 is 1.88 bits per heavy atom. The average molecular weight is 332 g/mol. The molecule has 0 unspecified atom stereocenters. The van der Waals surface area contributed by atoms with E-state index in [-0.39, 0.29) is 0 Å². The molecule has 1 heterocycles. The molecule has 0 saturated heterocycles. The van der Waals surface area contributed by atoms with Gasteiger partial charge in [-0.05, 0) is 12.1 Å². The van der Waals surface area contributed by atoms with Crippen LogP contribution in [0, 0.1) is 0 Å². The fraction of sp³-hybridized carbons (Fsp3) is 0.0952. The summed E-state index contributed by atoms with van der Waals surface area (Å²) in [6.07, 6.45) is 0.758. The molecule has 0 bridgehead atoms. The van der Waals surface area contributed by atoms with E-state index in [9.17, 15) is 4.79 Å². The van der Waals surface area contributed by atoms with Crippen LogP contribution in [0.2, 0.25) is 0 Å². The monoisotopic (exact) mass is 332 g/mol. The number of carbonyl (C=O) groups excluding carboxylic acids is 1. The summed E-state index contributed by atoms with van der Waals surface area (Å²) < 4.78 is 18.0. The molecule has 0 atom stereocenters. The lowest BCUT2D eigenvalue weighted by Crippen LogP contribution is -2.36. The van der Waals surface area contributed by atoms with Crippen LogP contribution < -0.4 is 14.2 Å². The van der Waals surface area contributed by atoms with Gasteiger partial charge in [-0.1, -0.05) is 60.7 Å². The minimum absolute atomic E-state index is 0.391. The quantitative estimate of drug-likeness (QED) is 0.672. The third kappa shape index (κ3) is 2.34. The van der Waals surface area contributed by atoms with E-state index >= 15 is 0 Å². The highest BCUT2D eigenvalue weighted by Gasteiger charge is 2.47. The Kier molecular flexibility index (Phi) is 3.65. The summed E-state index contributed by atoms with van der Waals surface area (Å²) >= 11 is 0. The molecule has 4 rings (SSSR count). The highest BCUT2D eigenvalue weighted by molar-refractivity contribution is 5.83. The van der Waals surface area contributed by atoms with Gasteiger partial charge in [-0.2, -0.15) is 0 Å². The topological polar surface area (TPSA) is 44.8 Å². The SMILES string of the molecule is COc1ccc(C=O)c2c1OC(c1ccccc1)(c1ccccc1)O2. The zero-order valence-electron chi connectivity index (χ0n) is 13.6. The maximum absolute atomic E-state index is 11.5. The summed E-state index contributed by atoms with van der Waals surface area (Å²) in [5, 5.41) is 0. The maximum Gasteiger partial charge on any atom is 0.305 e. The van der Waals surface area contributed by atoms with Crippen LogP contribution in [0.15, 0.2) is 72.8 Å². The fourth-order valence-corrected chi connectivity index (χ4v) is 3.04. The molecule has 4 heteroatoms. The van der Waals surface area contributed by atoms with Crippen LogP contribution in [-0.4, -0.2) is 13.4 Å². The molecule has 124 valence electrons. The van der Waals surface area contributed by atoms with Gasteiger partial charge in [0, 0.05) is 11.1 Å². The molecule has 4 nitrogen and oxygen atoms in total. The van der Waals surface area contributed by atoms with Gasteiger partial charge in [0.05, 0.1) is 12.7 Å². The molecule has 0 amide bonds. The predicted molar refractivity (Wildman–Crippen MR) is 93.3 cm³/mol. The second-order valence-electron chi connectivity index (χ2n) is 5.69. The van der Waals surface area contributed by atoms with Gasteiger partial charge in [0.15, 0.2) is 17.8 Å². The van der Waals surface area contributed by atoms with Gasteiger partial charge in [-0.3, -0.25) is 4.79 Å². The number of methoxy groups -OCH3 is 1. The number of ether oxygens (including phenoxy) is 3. The van der Waals surface area contributed by atoms with Crippen molar-refractivity contribution in [2.75, 3.05) is 7.11 Å². The zero-order chi connectivity index (χ0) is 17.3. The minimum Gasteiger partial charge on any atom is -0.493 e. The van der Waals surface area contributed by atoms with Crippen molar-refractivity contribution in [2.24, 2.45) is 0 Å². The first kappa shape index (κ1) is 15.3. The maximum atomic E-state index is 11.5. The van der Waals surface area contributed by atoms with Crippen LogP contribution in [0.4, 0.5) is 0 Å². The summed E-state index contributed by atoms with van der Waals surface area (Å²) in [7, 11) is 1.56. The molecule has 0 aromatic heterocycles. The van der Waals surface area contributed by atoms with Crippen molar-refractivity contribution >= 4 is 6.29 Å². The first-order valence-corrected chi connectivity index (χ1v) is 7.94. The second kappa shape index (κ2) is 5.98. The normalized spacial score (nSPS) is 14.1. The average Bonchev–Trinajstić information content (AvgIpc) is 3.10. The Morgan fingerprint density at radius 2 is 1.36 bits per heavy atom. The van der Waals surface area contributed by atoms with Crippen LogP contribution in [-0.2, 0) is 5.79 Å². The van der Waals surface area contributed by atoms with Gasteiger partial charge in [-0.15, -0.1) is 0 Å². The predicted octanol–water partition coefficient (Wildman–Crippen LogP) is 4.18. The molecule has 25 heavy (non-hydrogen) atoms. The van der Waals surface area contributed by atoms with E-state index in [1.54, 1.807) is 19.2 Å². The van der Waals surface area contributed by atoms with Gasteiger partial charge in [0.25, 0.3) is 0 Å². The molecule has 3 aromatic rings.